The number of hydrogen-bond donors (Lipinski definition) is 1. The van der Waals surface area contributed by atoms with Crippen molar-refractivity contribution in [2.24, 2.45) is 0 Å². The van der Waals surface area contributed by atoms with E-state index in [4.69, 9.17) is 13.9 Å². The molecule has 1 aromatic rings. The van der Waals surface area contributed by atoms with Crippen molar-refractivity contribution in [2.45, 2.75) is 77.5 Å². The number of para-hydroxylation sites is 1. The molecule has 0 bridgehead atoms. The molecule has 0 heterocycles. The maximum Gasteiger partial charge on any atom is 0.412 e. The van der Waals surface area contributed by atoms with Crippen LogP contribution in [0.4, 0.5) is 18.0 Å². The van der Waals surface area contributed by atoms with Crippen LogP contribution in [0.1, 0.15) is 47.1 Å². The molecule has 0 aliphatic heterocycles. The Balaban J connectivity index is 2.85. The van der Waals surface area contributed by atoms with Gasteiger partial charge in [-0.05, 0) is 45.0 Å². The van der Waals surface area contributed by atoms with Crippen molar-refractivity contribution < 1.29 is 31.9 Å². The van der Waals surface area contributed by atoms with E-state index in [2.05, 4.69) is 33.9 Å². The highest BCUT2D eigenvalue weighted by atomic mass is 28.4. The zero-order chi connectivity index (χ0) is 24.8. The average molecular weight is 476 g/mol. The summed E-state index contributed by atoms with van der Waals surface area (Å²) in [6, 6.07) is 4.55. The first kappa shape index (κ1) is 28.0. The van der Waals surface area contributed by atoms with Gasteiger partial charge in [-0.1, -0.05) is 51.1 Å². The number of alkyl halides is 3. The van der Waals surface area contributed by atoms with Crippen LogP contribution in [-0.4, -0.2) is 45.4 Å². The summed E-state index contributed by atoms with van der Waals surface area (Å²) >= 11 is 0. The van der Waals surface area contributed by atoms with Gasteiger partial charge in [-0.2, -0.15) is 13.2 Å². The van der Waals surface area contributed by atoms with Gasteiger partial charge in [0.15, 0.2) is 8.32 Å². The minimum atomic E-state index is -4.68. The van der Waals surface area contributed by atoms with Crippen LogP contribution in [0, 0.1) is 0 Å². The first-order chi connectivity index (χ1) is 14.4. The number of ether oxygens (including phenoxy) is 2. The third kappa shape index (κ3) is 9.64. The molecule has 0 saturated heterocycles. The molecule has 1 atom stereocenters. The van der Waals surface area contributed by atoms with E-state index in [9.17, 15) is 18.0 Å². The van der Waals surface area contributed by atoms with Gasteiger partial charge in [0.05, 0.1) is 6.61 Å². The molecule has 0 aliphatic rings. The second-order valence-electron chi connectivity index (χ2n) is 10.0. The molecule has 5 nitrogen and oxygen atoms in total. The summed E-state index contributed by atoms with van der Waals surface area (Å²) in [7, 11) is -1.91. The van der Waals surface area contributed by atoms with E-state index >= 15 is 0 Å². The molecule has 0 spiro atoms. The van der Waals surface area contributed by atoms with Gasteiger partial charge in [-0.15, -0.1) is 0 Å². The zero-order valence-corrected chi connectivity index (χ0v) is 21.2. The van der Waals surface area contributed by atoms with Gasteiger partial charge < -0.3 is 19.2 Å². The van der Waals surface area contributed by atoms with Crippen LogP contribution >= 0.6 is 0 Å². The first-order valence-corrected chi connectivity index (χ1v) is 13.4. The van der Waals surface area contributed by atoms with Gasteiger partial charge in [0, 0.05) is 5.56 Å². The minimum absolute atomic E-state index is 0.0708. The lowest BCUT2D eigenvalue weighted by molar-refractivity contribution is -0.143. The fraction of sp³-hybridized carbons (Fsp3) is 0.609. The number of carbonyl (C=O) groups is 1. The molecule has 1 rings (SSSR count). The van der Waals surface area contributed by atoms with Crippen LogP contribution < -0.4 is 10.1 Å². The summed E-state index contributed by atoms with van der Waals surface area (Å²) in [5.41, 5.74) is -0.447. The molecule has 9 heteroatoms. The van der Waals surface area contributed by atoms with Crippen molar-refractivity contribution in [1.82, 2.24) is 5.32 Å². The summed E-state index contributed by atoms with van der Waals surface area (Å²) in [6.45, 7) is 16.1. The molecule has 0 fully saturated rings. The van der Waals surface area contributed by atoms with Crippen LogP contribution in [0.2, 0.25) is 18.1 Å². The van der Waals surface area contributed by atoms with Gasteiger partial charge in [0.25, 0.3) is 0 Å². The molecule has 182 valence electrons. The number of alkyl carbamates (subject to hydrolysis) is 1. The number of benzene rings is 1. The first-order valence-electron chi connectivity index (χ1n) is 10.5. The summed E-state index contributed by atoms with van der Waals surface area (Å²) < 4.78 is 57.0. The van der Waals surface area contributed by atoms with E-state index < -0.39 is 32.2 Å². The Hall–Kier alpha value is -2.00. The van der Waals surface area contributed by atoms with Crippen molar-refractivity contribution in [3.05, 3.63) is 35.9 Å². The molecule has 0 aromatic heterocycles. The largest absolute Gasteiger partial charge is 0.491 e. The third-order valence-corrected chi connectivity index (χ3v) is 9.56. The van der Waals surface area contributed by atoms with Crippen molar-refractivity contribution in [3.63, 3.8) is 0 Å². The number of hydrogen-bond acceptors (Lipinski definition) is 4. The van der Waals surface area contributed by atoms with E-state index in [1.165, 1.54) is 6.08 Å². The lowest BCUT2D eigenvalue weighted by Gasteiger charge is -2.36. The monoisotopic (exact) mass is 475 g/mol. The average Bonchev–Trinajstić information content (AvgIpc) is 2.59. The Morgan fingerprint density at radius 3 is 2.19 bits per heavy atom. The highest BCUT2D eigenvalue weighted by Gasteiger charge is 2.40. The van der Waals surface area contributed by atoms with Crippen LogP contribution in [0.5, 0.6) is 5.75 Å². The van der Waals surface area contributed by atoms with Crippen LogP contribution in [-0.2, 0) is 9.16 Å². The van der Waals surface area contributed by atoms with Gasteiger partial charge in [0.1, 0.15) is 24.0 Å². The summed E-state index contributed by atoms with van der Waals surface area (Å²) in [6.07, 6.45) is -3.67. The number of amides is 1. The minimum Gasteiger partial charge on any atom is -0.491 e. The van der Waals surface area contributed by atoms with Gasteiger partial charge in [0.2, 0.25) is 0 Å². The predicted octanol–water partition coefficient (Wildman–Crippen LogP) is 6.56. The topological polar surface area (TPSA) is 56.8 Å². The van der Waals surface area contributed by atoms with Crippen LogP contribution in [0.15, 0.2) is 30.3 Å². The van der Waals surface area contributed by atoms with Gasteiger partial charge in [-0.25, -0.2) is 4.79 Å². The van der Waals surface area contributed by atoms with Gasteiger partial charge >= 0.3 is 12.3 Å². The Morgan fingerprint density at radius 1 is 1.06 bits per heavy atom. The standard InChI is InChI=1S/C23H36F3NO4Si/c1-21(2,3)31-20(28)27-19(23(24,25)26)14-13-17-11-9-10-12-18(17)29-15-16-30-32(7,8)22(4,5)6/h9-14,19H,15-16H2,1-8H3,(H,27,28)/t19-/m0/s1. The van der Waals surface area contributed by atoms with Crippen molar-refractivity contribution in [1.29, 1.82) is 0 Å². The number of carbonyl (C=O) groups excluding carboxylic acids is 1. The fourth-order valence-electron chi connectivity index (χ4n) is 2.29. The van der Waals surface area contributed by atoms with E-state index in [0.717, 1.165) is 6.08 Å². The highest BCUT2D eigenvalue weighted by molar-refractivity contribution is 6.74. The SMILES string of the molecule is CC(C)(C)OC(=O)N[C@@H](C=Cc1ccccc1OCCO[Si](C)(C)C(C)(C)C)C(F)(F)F. The normalized spacial score (nSPS) is 14.3. The fourth-order valence-corrected chi connectivity index (χ4v) is 3.31. The Kier molecular flexibility index (Phi) is 9.41. The molecule has 0 aliphatic carbocycles. The Morgan fingerprint density at radius 2 is 1.66 bits per heavy atom. The van der Waals surface area contributed by atoms with E-state index in [-0.39, 0.29) is 11.6 Å². The third-order valence-electron chi connectivity index (χ3n) is 5.02. The van der Waals surface area contributed by atoms with Crippen molar-refractivity contribution >= 4 is 20.5 Å². The molecular weight excluding hydrogens is 439 g/mol. The molecule has 0 saturated carbocycles. The summed E-state index contributed by atoms with van der Waals surface area (Å²) in [4.78, 5) is 11.8. The predicted molar refractivity (Wildman–Crippen MR) is 123 cm³/mol. The maximum absolute atomic E-state index is 13.4. The molecule has 0 radical (unpaired) electrons. The molecular formula is C23H36F3NO4Si. The van der Waals surface area contributed by atoms with E-state index in [0.29, 0.717) is 17.9 Å². The van der Waals surface area contributed by atoms with E-state index in [1.807, 2.05) is 5.32 Å². The number of nitrogens with one attached hydrogen (secondary N) is 1. The Labute approximate surface area is 190 Å². The molecule has 0 unspecified atom stereocenters. The van der Waals surface area contributed by atoms with Crippen LogP contribution in [0.25, 0.3) is 6.08 Å². The molecule has 1 aromatic carbocycles. The number of rotatable bonds is 8. The van der Waals surface area contributed by atoms with Crippen molar-refractivity contribution in [2.75, 3.05) is 13.2 Å². The Bertz CT molecular complexity index is 781. The number of halogens is 3. The summed E-state index contributed by atoms with van der Waals surface area (Å²) in [5, 5.41) is 1.93. The lowest BCUT2D eigenvalue weighted by atomic mass is 10.1. The van der Waals surface area contributed by atoms with E-state index in [1.54, 1.807) is 45.0 Å². The second kappa shape index (κ2) is 10.7. The molecule has 1 N–H and O–H groups in total. The lowest BCUT2D eigenvalue weighted by Crippen LogP contribution is -2.46. The second-order valence-corrected chi connectivity index (χ2v) is 14.8. The van der Waals surface area contributed by atoms with Gasteiger partial charge in [-0.3, -0.25) is 0 Å². The quantitative estimate of drug-likeness (QED) is 0.342. The van der Waals surface area contributed by atoms with Crippen LogP contribution in [0.3, 0.4) is 0 Å². The smallest absolute Gasteiger partial charge is 0.412 e. The summed E-state index contributed by atoms with van der Waals surface area (Å²) in [5.74, 6) is 0.431. The zero-order valence-electron chi connectivity index (χ0n) is 20.2. The maximum atomic E-state index is 13.4. The molecule has 32 heavy (non-hydrogen) atoms. The van der Waals surface area contributed by atoms with Crippen molar-refractivity contribution in [3.8, 4) is 5.75 Å². The molecule has 1 amide bonds. The highest BCUT2D eigenvalue weighted by Crippen LogP contribution is 2.36.